The van der Waals surface area contributed by atoms with Crippen LogP contribution in [0.5, 0.6) is 0 Å². The Morgan fingerprint density at radius 1 is 1.36 bits per heavy atom. The largest absolute Gasteiger partial charge is 0.437 e. The summed E-state index contributed by atoms with van der Waals surface area (Å²) in [4.78, 5) is 7.08. The molecule has 1 aromatic heterocycles. The molecule has 3 saturated heterocycles. The number of piperidine rings is 3. The summed E-state index contributed by atoms with van der Waals surface area (Å²) in [6, 6.07) is 10.7. The first-order chi connectivity index (χ1) is 12.3. The van der Waals surface area contributed by atoms with E-state index < -0.39 is 0 Å². The van der Waals surface area contributed by atoms with Gasteiger partial charge in [-0.25, -0.2) is 0 Å². The topological polar surface area (TPSA) is 25.4 Å². The van der Waals surface area contributed by atoms with Crippen molar-refractivity contribution in [1.29, 1.82) is 0 Å². The number of hydrogen-bond acceptors (Lipinski definition) is 3. The Morgan fingerprint density at radius 3 is 3.00 bits per heavy atom. The lowest BCUT2D eigenvalue weighted by molar-refractivity contribution is -0.0443. The fraction of sp³-hybridized carbons (Fsp3) is 0.409. The van der Waals surface area contributed by atoms with Crippen molar-refractivity contribution in [3.8, 4) is 12.0 Å². The maximum Gasteiger partial charge on any atom is 0.152 e. The third-order valence-corrected chi connectivity index (χ3v) is 5.78. The molecule has 3 aliphatic rings. The van der Waals surface area contributed by atoms with Gasteiger partial charge in [-0.1, -0.05) is 30.2 Å². The van der Waals surface area contributed by atoms with E-state index in [0.717, 1.165) is 30.4 Å². The monoisotopic (exact) mass is 332 g/mol. The fourth-order valence-corrected chi connectivity index (χ4v) is 4.53. The summed E-state index contributed by atoms with van der Waals surface area (Å²) in [7, 11) is 0. The van der Waals surface area contributed by atoms with Crippen molar-refractivity contribution in [2.75, 3.05) is 13.1 Å². The molecule has 1 unspecified atom stereocenters. The van der Waals surface area contributed by atoms with Gasteiger partial charge in [0, 0.05) is 30.6 Å². The van der Waals surface area contributed by atoms with Crippen LogP contribution < -0.4 is 0 Å². The van der Waals surface area contributed by atoms with Crippen molar-refractivity contribution in [1.82, 2.24) is 9.88 Å². The van der Waals surface area contributed by atoms with E-state index in [1.165, 1.54) is 12.0 Å². The van der Waals surface area contributed by atoms with Crippen molar-refractivity contribution >= 4 is 10.9 Å². The highest BCUT2D eigenvalue weighted by Gasteiger charge is 2.43. The van der Waals surface area contributed by atoms with Gasteiger partial charge in [-0.3, -0.25) is 9.88 Å². The van der Waals surface area contributed by atoms with E-state index in [0.29, 0.717) is 17.9 Å². The Balaban J connectivity index is 1.73. The van der Waals surface area contributed by atoms with Gasteiger partial charge in [0.05, 0.1) is 11.6 Å². The van der Waals surface area contributed by atoms with Crippen molar-refractivity contribution in [3.05, 3.63) is 54.7 Å². The molecular weight excluding hydrogens is 308 g/mol. The van der Waals surface area contributed by atoms with Crippen molar-refractivity contribution < 1.29 is 4.74 Å². The van der Waals surface area contributed by atoms with Gasteiger partial charge in [0.2, 0.25) is 0 Å². The lowest BCUT2D eigenvalue weighted by Crippen LogP contribution is -2.55. The molecule has 3 nitrogen and oxygen atoms in total. The van der Waals surface area contributed by atoms with Crippen LogP contribution in [-0.4, -0.2) is 29.0 Å². The molecule has 0 radical (unpaired) electrons. The zero-order chi connectivity index (χ0) is 17.2. The van der Waals surface area contributed by atoms with Crippen molar-refractivity contribution in [3.63, 3.8) is 0 Å². The Hall–Kier alpha value is -2.31. The summed E-state index contributed by atoms with van der Waals surface area (Å²) in [6.07, 6.45) is 9.25. The highest BCUT2D eigenvalue weighted by molar-refractivity contribution is 5.82. The van der Waals surface area contributed by atoms with Gasteiger partial charge < -0.3 is 4.74 Å². The average molecular weight is 332 g/mol. The number of aromatic nitrogens is 1. The molecular formula is C22H24N2O. The molecule has 2 bridgehead atoms. The molecule has 0 amide bonds. The minimum absolute atomic E-state index is 0.0473. The van der Waals surface area contributed by atoms with Crippen LogP contribution in [0.4, 0.5) is 0 Å². The van der Waals surface area contributed by atoms with Crippen LogP contribution >= 0.6 is 0 Å². The van der Waals surface area contributed by atoms with E-state index in [-0.39, 0.29) is 6.10 Å². The SMILES string of the molecule is C=C[C@@H]1CN2CC[C@H]1C[C@H]2[C@H](OC#CC)c1ccnc2ccccc12. The molecule has 3 aliphatic heterocycles. The van der Waals surface area contributed by atoms with Crippen LogP contribution in [0.1, 0.15) is 31.4 Å². The highest BCUT2D eigenvalue weighted by Crippen LogP contribution is 2.43. The van der Waals surface area contributed by atoms with Crippen LogP contribution in [0.15, 0.2) is 49.2 Å². The number of nitrogens with zero attached hydrogens (tertiary/aromatic N) is 2. The zero-order valence-electron chi connectivity index (χ0n) is 14.7. The van der Waals surface area contributed by atoms with Gasteiger partial charge in [-0.15, -0.1) is 6.58 Å². The second kappa shape index (κ2) is 6.90. The Labute approximate surface area is 149 Å². The van der Waals surface area contributed by atoms with Crippen LogP contribution in [0.3, 0.4) is 0 Å². The Kier molecular flexibility index (Phi) is 4.46. The van der Waals surface area contributed by atoms with Crippen molar-refractivity contribution in [2.24, 2.45) is 11.8 Å². The van der Waals surface area contributed by atoms with Crippen LogP contribution in [0, 0.1) is 23.9 Å². The van der Waals surface area contributed by atoms with E-state index in [1.807, 2.05) is 19.2 Å². The quantitative estimate of drug-likeness (QED) is 0.621. The number of para-hydroxylation sites is 1. The Bertz CT molecular complexity index is 829. The first-order valence-corrected chi connectivity index (χ1v) is 9.09. The molecule has 2 aromatic rings. The van der Waals surface area contributed by atoms with Gasteiger partial charge in [0.1, 0.15) is 6.11 Å². The molecule has 0 aliphatic carbocycles. The second-order valence-electron chi connectivity index (χ2n) is 7.05. The standard InChI is InChI=1S/C22H24N2O/c1-3-13-25-22(19-9-11-23-20-8-6-5-7-18(19)20)21-14-17-10-12-24(21)15-16(17)4-2/h4-9,11,16-17,21-22H,2,10,12,14-15H2,1H3/t16-,17+,21+,22-/m1/s1. The predicted molar refractivity (Wildman–Crippen MR) is 101 cm³/mol. The first-order valence-electron chi connectivity index (χ1n) is 9.09. The molecule has 5 atom stereocenters. The van der Waals surface area contributed by atoms with E-state index in [1.54, 1.807) is 0 Å². The van der Waals surface area contributed by atoms with E-state index in [2.05, 4.69) is 58.8 Å². The first kappa shape index (κ1) is 16.2. The summed E-state index contributed by atoms with van der Waals surface area (Å²) in [6.45, 7) is 8.08. The summed E-state index contributed by atoms with van der Waals surface area (Å²) in [5, 5.41) is 1.16. The van der Waals surface area contributed by atoms with Crippen LogP contribution in [0.25, 0.3) is 10.9 Å². The molecule has 5 rings (SSSR count). The van der Waals surface area contributed by atoms with E-state index in [9.17, 15) is 0 Å². The maximum atomic E-state index is 6.09. The minimum Gasteiger partial charge on any atom is -0.437 e. The molecule has 0 saturated carbocycles. The summed E-state index contributed by atoms with van der Waals surface area (Å²) in [5.41, 5.74) is 2.21. The van der Waals surface area contributed by atoms with Gasteiger partial charge in [-0.2, -0.15) is 0 Å². The molecule has 1 aromatic carbocycles. The summed E-state index contributed by atoms with van der Waals surface area (Å²) < 4.78 is 6.09. The molecule has 4 heterocycles. The van der Waals surface area contributed by atoms with Gasteiger partial charge in [-0.05, 0) is 43.4 Å². The zero-order valence-corrected chi connectivity index (χ0v) is 14.7. The number of fused-ring (bicyclic) bond motifs is 4. The number of pyridine rings is 1. The molecule has 0 N–H and O–H groups in total. The number of benzene rings is 1. The van der Waals surface area contributed by atoms with Gasteiger partial charge >= 0.3 is 0 Å². The smallest absolute Gasteiger partial charge is 0.152 e. The number of ether oxygens (including phenoxy) is 1. The molecule has 3 fully saturated rings. The lowest BCUT2D eigenvalue weighted by Gasteiger charge is -2.50. The molecule has 25 heavy (non-hydrogen) atoms. The minimum atomic E-state index is -0.0473. The maximum absolute atomic E-state index is 6.09. The Morgan fingerprint density at radius 2 is 2.24 bits per heavy atom. The lowest BCUT2D eigenvalue weighted by atomic mass is 9.73. The number of rotatable bonds is 4. The second-order valence-corrected chi connectivity index (χ2v) is 7.05. The summed E-state index contributed by atoms with van der Waals surface area (Å²) >= 11 is 0. The number of hydrogen-bond donors (Lipinski definition) is 0. The molecule has 3 heteroatoms. The highest BCUT2D eigenvalue weighted by atomic mass is 16.5. The predicted octanol–water partition coefficient (Wildman–Crippen LogP) is 4.17. The van der Waals surface area contributed by atoms with Gasteiger partial charge in [0.25, 0.3) is 0 Å². The molecule has 0 spiro atoms. The molecule has 128 valence electrons. The van der Waals surface area contributed by atoms with Crippen molar-refractivity contribution in [2.45, 2.75) is 31.9 Å². The fourth-order valence-electron chi connectivity index (χ4n) is 4.53. The van der Waals surface area contributed by atoms with Crippen LogP contribution in [-0.2, 0) is 4.74 Å². The van der Waals surface area contributed by atoms with Gasteiger partial charge in [0.15, 0.2) is 6.10 Å². The van der Waals surface area contributed by atoms with E-state index >= 15 is 0 Å². The van der Waals surface area contributed by atoms with Crippen LogP contribution in [0.2, 0.25) is 0 Å². The normalized spacial score (nSPS) is 28.8. The third kappa shape index (κ3) is 2.92. The third-order valence-electron chi connectivity index (χ3n) is 5.78. The average Bonchev–Trinajstić information content (AvgIpc) is 2.69. The van der Waals surface area contributed by atoms with E-state index in [4.69, 9.17) is 4.74 Å². The summed E-state index contributed by atoms with van der Waals surface area (Å²) in [5.74, 6) is 4.21.